The number of halogens is 1. The predicted molar refractivity (Wildman–Crippen MR) is 129 cm³/mol. The average Bonchev–Trinajstić information content (AvgIpc) is 3.47. The third kappa shape index (κ3) is 3.12. The number of nitrogens with zero attached hydrogens (tertiary/aromatic N) is 3. The fourth-order valence-electron chi connectivity index (χ4n) is 4.21. The highest BCUT2D eigenvalue weighted by molar-refractivity contribution is 9.10. The molecule has 6 rings (SSSR count). The number of benzene rings is 2. The van der Waals surface area contributed by atoms with Crippen LogP contribution in [0.4, 0.5) is 5.95 Å². The lowest BCUT2D eigenvalue weighted by atomic mass is 9.87. The second-order valence-corrected chi connectivity index (χ2v) is 9.96. The molecule has 0 aliphatic carbocycles. The average molecular weight is 509 g/mol. The number of nitrogens with one attached hydrogen (secondary N) is 1. The quantitative estimate of drug-likeness (QED) is 0.325. The van der Waals surface area contributed by atoms with Gasteiger partial charge in [0.1, 0.15) is 17.9 Å². The van der Waals surface area contributed by atoms with Gasteiger partial charge in [0.2, 0.25) is 11.1 Å². The molecule has 154 valence electrons. The lowest BCUT2D eigenvalue weighted by molar-refractivity contribution is 0.223. The third-order valence-corrected chi connectivity index (χ3v) is 7.46. The number of fused-ring (bicyclic) bond motifs is 3. The molecule has 0 bridgehead atoms. The van der Waals surface area contributed by atoms with Crippen molar-refractivity contribution in [2.75, 3.05) is 11.6 Å². The van der Waals surface area contributed by atoms with E-state index in [2.05, 4.69) is 57.0 Å². The highest BCUT2D eigenvalue weighted by atomic mass is 79.9. The summed E-state index contributed by atoms with van der Waals surface area (Å²) < 4.78 is 9.66. The Labute approximate surface area is 196 Å². The first-order valence-electron chi connectivity index (χ1n) is 9.79. The summed E-state index contributed by atoms with van der Waals surface area (Å²) in [6.45, 7) is 0. The highest BCUT2D eigenvalue weighted by Crippen LogP contribution is 2.51. The minimum atomic E-state index is -0.253. The van der Waals surface area contributed by atoms with Gasteiger partial charge in [-0.15, -0.1) is 16.4 Å². The Hall–Kier alpha value is -2.55. The van der Waals surface area contributed by atoms with Crippen LogP contribution in [0.15, 0.2) is 81.2 Å². The number of hydrogen-bond donors (Lipinski definition) is 1. The summed E-state index contributed by atoms with van der Waals surface area (Å²) >= 11 is 6.89. The van der Waals surface area contributed by atoms with E-state index in [9.17, 15) is 0 Å². The Bertz CT molecular complexity index is 1310. The largest absolute Gasteiger partial charge is 0.480 e. The van der Waals surface area contributed by atoms with Crippen LogP contribution in [0.1, 0.15) is 28.1 Å². The second kappa shape index (κ2) is 7.55. The molecule has 0 saturated heterocycles. The maximum atomic E-state index is 6.64. The molecule has 0 saturated carbocycles. The summed E-state index contributed by atoms with van der Waals surface area (Å²) in [5, 5.41) is 11.3. The first-order chi connectivity index (χ1) is 15.2. The second-order valence-electron chi connectivity index (χ2n) is 7.29. The van der Waals surface area contributed by atoms with E-state index < -0.39 is 0 Å². The zero-order valence-electron chi connectivity index (χ0n) is 16.4. The van der Waals surface area contributed by atoms with Gasteiger partial charge in [0.15, 0.2) is 0 Å². The summed E-state index contributed by atoms with van der Waals surface area (Å²) in [7, 11) is 0. The van der Waals surface area contributed by atoms with Gasteiger partial charge < -0.3 is 10.1 Å². The first-order valence-corrected chi connectivity index (χ1v) is 12.7. The maximum Gasteiger partial charge on any atom is 0.227 e. The van der Waals surface area contributed by atoms with Gasteiger partial charge in [-0.05, 0) is 47.5 Å². The molecule has 1 N–H and O–H groups in total. The number of para-hydroxylation sites is 1. The van der Waals surface area contributed by atoms with E-state index in [0.29, 0.717) is 0 Å². The number of thioether (sulfide) groups is 1. The molecule has 2 atom stereocenters. The van der Waals surface area contributed by atoms with Gasteiger partial charge in [-0.25, -0.2) is 4.68 Å². The van der Waals surface area contributed by atoms with Crippen LogP contribution in [-0.4, -0.2) is 21.0 Å². The predicted octanol–water partition coefficient (Wildman–Crippen LogP) is 6.38. The molecule has 4 aromatic rings. The SMILES string of the molecule is CSc1nc2n(n1)[C@@H](c1cccs1)C1=C(N2)c2ccccc2O[C@@H]1c1cccc(Br)c1. The van der Waals surface area contributed by atoms with E-state index >= 15 is 0 Å². The monoisotopic (exact) mass is 508 g/mol. The van der Waals surface area contributed by atoms with Crippen LogP contribution in [0, 0.1) is 0 Å². The van der Waals surface area contributed by atoms with Crippen molar-refractivity contribution in [1.82, 2.24) is 14.8 Å². The minimum Gasteiger partial charge on any atom is -0.480 e. The Balaban J connectivity index is 1.63. The molecule has 4 heterocycles. The Morgan fingerprint density at radius 2 is 2.03 bits per heavy atom. The summed E-state index contributed by atoms with van der Waals surface area (Å²) in [6.07, 6.45) is 1.74. The van der Waals surface area contributed by atoms with Gasteiger partial charge in [0.25, 0.3) is 0 Å². The fraction of sp³-hybridized carbons (Fsp3) is 0.130. The molecule has 2 aromatic carbocycles. The zero-order chi connectivity index (χ0) is 20.9. The van der Waals surface area contributed by atoms with Gasteiger partial charge in [-0.1, -0.05) is 58.0 Å². The topological polar surface area (TPSA) is 52.0 Å². The van der Waals surface area contributed by atoms with Gasteiger partial charge in [-0.2, -0.15) is 4.98 Å². The van der Waals surface area contributed by atoms with Crippen LogP contribution >= 0.6 is 39.0 Å². The number of rotatable bonds is 3. The summed E-state index contributed by atoms with van der Waals surface area (Å²) in [4.78, 5) is 5.94. The number of aromatic nitrogens is 3. The van der Waals surface area contributed by atoms with E-state index in [0.717, 1.165) is 43.7 Å². The van der Waals surface area contributed by atoms with Crippen LogP contribution in [0.3, 0.4) is 0 Å². The molecule has 2 aromatic heterocycles. The molecule has 2 aliphatic heterocycles. The van der Waals surface area contributed by atoms with Crippen LogP contribution < -0.4 is 10.1 Å². The summed E-state index contributed by atoms with van der Waals surface area (Å²) in [6, 6.07) is 20.6. The number of anilines is 1. The molecule has 8 heteroatoms. The van der Waals surface area contributed by atoms with Crippen molar-refractivity contribution in [2.45, 2.75) is 17.3 Å². The van der Waals surface area contributed by atoms with E-state index in [1.165, 1.54) is 4.88 Å². The van der Waals surface area contributed by atoms with Gasteiger partial charge in [-0.3, -0.25) is 0 Å². The van der Waals surface area contributed by atoms with Crippen LogP contribution in [0.25, 0.3) is 5.70 Å². The molecule has 0 fully saturated rings. The van der Waals surface area contributed by atoms with Crippen LogP contribution in [0.5, 0.6) is 5.75 Å². The van der Waals surface area contributed by atoms with Gasteiger partial charge >= 0.3 is 0 Å². The maximum absolute atomic E-state index is 6.64. The fourth-order valence-corrected chi connectivity index (χ4v) is 5.80. The van der Waals surface area contributed by atoms with Crippen molar-refractivity contribution in [1.29, 1.82) is 0 Å². The van der Waals surface area contributed by atoms with E-state index in [4.69, 9.17) is 14.8 Å². The molecule has 5 nitrogen and oxygen atoms in total. The normalized spacial score (nSPS) is 19.2. The molecule has 2 aliphatic rings. The van der Waals surface area contributed by atoms with Crippen molar-refractivity contribution in [3.63, 3.8) is 0 Å². The molecule has 0 spiro atoms. The third-order valence-electron chi connectivity index (χ3n) is 5.51. The zero-order valence-corrected chi connectivity index (χ0v) is 19.7. The standard InChI is InChI=1S/C23H17BrN4OS2/c1-30-23-26-22-25-19-15-8-2-3-9-16(15)29-21(13-6-4-7-14(24)12-13)18(19)20(28(22)27-23)17-10-5-11-31-17/h2-12,20-21H,1H3,(H,25,26,27)/t20-,21+/m0/s1. The Morgan fingerprint density at radius 1 is 1.13 bits per heavy atom. The Kier molecular flexibility index (Phi) is 4.66. The highest BCUT2D eigenvalue weighted by Gasteiger charge is 2.41. The minimum absolute atomic E-state index is 0.100. The van der Waals surface area contributed by atoms with E-state index in [1.807, 2.05) is 41.3 Å². The van der Waals surface area contributed by atoms with Gasteiger partial charge in [0.05, 0.1) is 5.70 Å². The van der Waals surface area contributed by atoms with E-state index in [-0.39, 0.29) is 12.1 Å². The van der Waals surface area contributed by atoms with Crippen LogP contribution in [-0.2, 0) is 0 Å². The molecule has 31 heavy (non-hydrogen) atoms. The number of hydrogen-bond acceptors (Lipinski definition) is 6. The number of ether oxygens (including phenoxy) is 1. The lowest BCUT2D eigenvalue weighted by Crippen LogP contribution is -2.32. The van der Waals surface area contributed by atoms with Crippen molar-refractivity contribution >= 4 is 50.7 Å². The molecule has 0 amide bonds. The summed E-state index contributed by atoms with van der Waals surface area (Å²) in [5.41, 5.74) is 4.33. The lowest BCUT2D eigenvalue weighted by Gasteiger charge is -2.38. The molecular formula is C23H17BrN4OS2. The van der Waals surface area contributed by atoms with E-state index in [1.54, 1.807) is 23.1 Å². The molecular weight excluding hydrogens is 492 g/mol. The van der Waals surface area contributed by atoms with Crippen molar-refractivity contribution in [3.8, 4) is 5.75 Å². The van der Waals surface area contributed by atoms with Crippen molar-refractivity contribution in [3.05, 3.63) is 92.1 Å². The summed E-state index contributed by atoms with van der Waals surface area (Å²) in [5.74, 6) is 1.62. The number of thiophene rings is 1. The smallest absolute Gasteiger partial charge is 0.227 e. The van der Waals surface area contributed by atoms with Gasteiger partial charge in [0, 0.05) is 20.5 Å². The van der Waals surface area contributed by atoms with Crippen molar-refractivity contribution in [2.24, 2.45) is 0 Å². The van der Waals surface area contributed by atoms with Crippen molar-refractivity contribution < 1.29 is 4.74 Å². The first kappa shape index (κ1) is 19.2. The molecule has 0 unspecified atom stereocenters. The Morgan fingerprint density at radius 3 is 2.84 bits per heavy atom. The van der Waals surface area contributed by atoms with Crippen LogP contribution in [0.2, 0.25) is 0 Å². The molecule has 0 radical (unpaired) electrons.